The molecule has 0 saturated heterocycles. The molecule has 0 spiro atoms. The van der Waals surface area contributed by atoms with Crippen molar-refractivity contribution in [1.82, 2.24) is 5.32 Å². The standard InChI is InChI=1S/C20H33BrFNO2Si/c1-19(2,3)13-20(4,5)23-18(24)15-11-14(21)12-16(22)17(15)25-9-10-26(6,7)8/h11-12H,9-10,13H2,1-8H3,(H,23,24). The smallest absolute Gasteiger partial charge is 0.255 e. The Labute approximate surface area is 167 Å². The van der Waals surface area contributed by atoms with E-state index in [2.05, 4.69) is 61.7 Å². The van der Waals surface area contributed by atoms with Crippen LogP contribution in [-0.2, 0) is 0 Å². The van der Waals surface area contributed by atoms with Crippen LogP contribution in [0.2, 0.25) is 25.7 Å². The largest absolute Gasteiger partial charge is 0.490 e. The summed E-state index contributed by atoms with van der Waals surface area (Å²) in [5.41, 5.74) is -0.117. The van der Waals surface area contributed by atoms with Crippen LogP contribution in [-0.4, -0.2) is 26.1 Å². The molecule has 0 radical (unpaired) electrons. The minimum absolute atomic E-state index is 0.0375. The number of carbonyl (C=O) groups is 1. The van der Waals surface area contributed by atoms with Gasteiger partial charge in [-0.05, 0) is 43.9 Å². The van der Waals surface area contributed by atoms with Crippen LogP contribution >= 0.6 is 15.9 Å². The van der Waals surface area contributed by atoms with Crippen LogP contribution in [0.3, 0.4) is 0 Å². The maximum atomic E-state index is 14.5. The number of benzene rings is 1. The maximum Gasteiger partial charge on any atom is 0.255 e. The van der Waals surface area contributed by atoms with Gasteiger partial charge in [0, 0.05) is 18.1 Å². The van der Waals surface area contributed by atoms with Crippen LogP contribution in [0, 0.1) is 11.2 Å². The van der Waals surface area contributed by atoms with Crippen molar-refractivity contribution in [2.24, 2.45) is 5.41 Å². The van der Waals surface area contributed by atoms with E-state index in [0.29, 0.717) is 11.1 Å². The molecule has 0 unspecified atom stereocenters. The molecule has 6 heteroatoms. The van der Waals surface area contributed by atoms with Gasteiger partial charge in [-0.3, -0.25) is 4.79 Å². The second-order valence-electron chi connectivity index (χ2n) is 10.00. The molecule has 3 nitrogen and oxygen atoms in total. The van der Waals surface area contributed by atoms with Crippen molar-refractivity contribution in [3.8, 4) is 5.75 Å². The van der Waals surface area contributed by atoms with Gasteiger partial charge in [-0.2, -0.15) is 0 Å². The molecule has 0 fully saturated rings. The average Bonchev–Trinajstić information content (AvgIpc) is 2.35. The number of hydrogen-bond donors (Lipinski definition) is 1. The predicted molar refractivity (Wildman–Crippen MR) is 113 cm³/mol. The Balaban J connectivity index is 3.04. The molecule has 0 atom stereocenters. The predicted octanol–water partition coefficient (Wildman–Crippen LogP) is 6.25. The van der Waals surface area contributed by atoms with Crippen molar-refractivity contribution in [2.45, 2.75) is 72.3 Å². The van der Waals surface area contributed by atoms with Crippen molar-refractivity contribution in [1.29, 1.82) is 0 Å². The number of rotatable bonds is 7. The Bertz CT molecular complexity index is 648. The van der Waals surface area contributed by atoms with Gasteiger partial charge in [0.05, 0.1) is 12.2 Å². The fourth-order valence-corrected chi connectivity index (χ4v) is 4.22. The number of halogens is 2. The molecular weight excluding hydrogens is 413 g/mol. The topological polar surface area (TPSA) is 38.3 Å². The zero-order valence-electron chi connectivity index (χ0n) is 17.3. The van der Waals surface area contributed by atoms with Gasteiger partial charge in [0.2, 0.25) is 0 Å². The molecular formula is C20H33BrFNO2Si. The Kier molecular flexibility index (Phi) is 7.50. The summed E-state index contributed by atoms with van der Waals surface area (Å²) in [7, 11) is -1.31. The Morgan fingerprint density at radius 2 is 1.77 bits per heavy atom. The van der Waals surface area contributed by atoms with Crippen LogP contribution in [0.4, 0.5) is 4.39 Å². The fourth-order valence-electron chi connectivity index (χ4n) is 3.08. The molecule has 1 aromatic rings. The second-order valence-corrected chi connectivity index (χ2v) is 16.5. The van der Waals surface area contributed by atoms with Crippen molar-refractivity contribution in [2.75, 3.05) is 6.61 Å². The Hall–Kier alpha value is -0.883. The molecule has 0 saturated carbocycles. The van der Waals surface area contributed by atoms with E-state index >= 15 is 0 Å². The number of nitrogens with one attached hydrogen (secondary N) is 1. The van der Waals surface area contributed by atoms with Crippen LogP contribution in [0.25, 0.3) is 0 Å². The minimum atomic E-state index is -1.31. The van der Waals surface area contributed by atoms with Gasteiger partial charge in [0.25, 0.3) is 5.91 Å². The summed E-state index contributed by atoms with van der Waals surface area (Å²) < 4.78 is 20.7. The van der Waals surface area contributed by atoms with Gasteiger partial charge in [-0.25, -0.2) is 4.39 Å². The Morgan fingerprint density at radius 3 is 2.27 bits per heavy atom. The first-order chi connectivity index (χ1) is 11.6. The van der Waals surface area contributed by atoms with E-state index in [4.69, 9.17) is 4.74 Å². The molecule has 0 aliphatic heterocycles. The molecule has 1 N–H and O–H groups in total. The lowest BCUT2D eigenvalue weighted by Crippen LogP contribution is -2.46. The molecule has 148 valence electrons. The fraction of sp³-hybridized carbons (Fsp3) is 0.650. The molecule has 1 amide bonds. The summed E-state index contributed by atoms with van der Waals surface area (Å²) in [5, 5.41) is 3.03. The molecule has 1 aromatic carbocycles. The SMILES string of the molecule is CC(C)(C)CC(C)(C)NC(=O)c1cc(Br)cc(F)c1OCC[Si](C)(C)C. The van der Waals surface area contributed by atoms with E-state index in [0.717, 1.165) is 12.5 Å². The molecule has 1 rings (SSSR count). The van der Waals surface area contributed by atoms with Crippen LogP contribution in [0.15, 0.2) is 16.6 Å². The molecule has 0 aliphatic carbocycles. The molecule has 26 heavy (non-hydrogen) atoms. The summed E-state index contributed by atoms with van der Waals surface area (Å²) in [6.45, 7) is 17.5. The van der Waals surface area contributed by atoms with E-state index in [1.807, 2.05) is 13.8 Å². The monoisotopic (exact) mass is 445 g/mol. The third-order valence-electron chi connectivity index (χ3n) is 3.78. The molecule has 0 bridgehead atoms. The van der Waals surface area contributed by atoms with Crippen molar-refractivity contribution >= 4 is 29.9 Å². The van der Waals surface area contributed by atoms with Crippen molar-refractivity contribution in [3.63, 3.8) is 0 Å². The summed E-state index contributed by atoms with van der Waals surface area (Å²) in [6, 6.07) is 3.86. The van der Waals surface area contributed by atoms with Crippen LogP contribution < -0.4 is 10.1 Å². The quantitative estimate of drug-likeness (QED) is 0.503. The van der Waals surface area contributed by atoms with E-state index in [9.17, 15) is 9.18 Å². The first kappa shape index (κ1) is 23.2. The van der Waals surface area contributed by atoms with Gasteiger partial charge in [0.1, 0.15) is 0 Å². The Morgan fingerprint density at radius 1 is 1.19 bits per heavy atom. The number of hydrogen-bond acceptors (Lipinski definition) is 2. The number of carbonyl (C=O) groups excluding carboxylic acids is 1. The van der Waals surface area contributed by atoms with E-state index in [1.165, 1.54) is 6.07 Å². The van der Waals surface area contributed by atoms with Gasteiger partial charge < -0.3 is 10.1 Å². The molecule has 0 aromatic heterocycles. The average molecular weight is 446 g/mol. The second kappa shape index (κ2) is 8.42. The number of amides is 1. The van der Waals surface area contributed by atoms with E-state index in [-0.39, 0.29) is 22.6 Å². The highest BCUT2D eigenvalue weighted by Gasteiger charge is 2.29. The zero-order chi connectivity index (χ0) is 20.3. The lowest BCUT2D eigenvalue weighted by molar-refractivity contribution is 0.0886. The van der Waals surface area contributed by atoms with Gasteiger partial charge in [-0.1, -0.05) is 56.3 Å². The number of ether oxygens (including phenoxy) is 1. The normalized spacial score (nSPS) is 12.8. The highest BCUT2D eigenvalue weighted by Crippen LogP contribution is 2.30. The third kappa shape index (κ3) is 8.21. The van der Waals surface area contributed by atoms with Crippen LogP contribution in [0.1, 0.15) is 51.4 Å². The maximum absolute atomic E-state index is 14.5. The highest BCUT2D eigenvalue weighted by atomic mass is 79.9. The summed E-state index contributed by atoms with van der Waals surface area (Å²) >= 11 is 3.28. The zero-order valence-corrected chi connectivity index (χ0v) is 19.9. The van der Waals surface area contributed by atoms with Crippen LogP contribution in [0.5, 0.6) is 5.75 Å². The molecule has 0 aliphatic rings. The third-order valence-corrected chi connectivity index (χ3v) is 5.94. The summed E-state index contributed by atoms with van der Waals surface area (Å²) in [5.74, 6) is -0.799. The minimum Gasteiger partial charge on any atom is -0.490 e. The first-order valence-electron chi connectivity index (χ1n) is 9.04. The summed E-state index contributed by atoms with van der Waals surface area (Å²) in [4.78, 5) is 12.9. The van der Waals surface area contributed by atoms with Gasteiger partial charge in [-0.15, -0.1) is 0 Å². The van der Waals surface area contributed by atoms with Crippen molar-refractivity contribution < 1.29 is 13.9 Å². The summed E-state index contributed by atoms with van der Waals surface area (Å²) in [6.07, 6.45) is 0.800. The van der Waals surface area contributed by atoms with Crippen molar-refractivity contribution in [3.05, 3.63) is 28.0 Å². The van der Waals surface area contributed by atoms with E-state index < -0.39 is 19.4 Å². The molecule has 0 heterocycles. The van der Waals surface area contributed by atoms with Gasteiger partial charge in [0.15, 0.2) is 11.6 Å². The highest BCUT2D eigenvalue weighted by molar-refractivity contribution is 9.10. The first-order valence-corrected chi connectivity index (χ1v) is 13.5. The lowest BCUT2D eigenvalue weighted by Gasteiger charge is -2.33. The lowest BCUT2D eigenvalue weighted by atomic mass is 9.81. The van der Waals surface area contributed by atoms with E-state index in [1.54, 1.807) is 6.07 Å². The van der Waals surface area contributed by atoms with Gasteiger partial charge >= 0.3 is 0 Å².